The second-order valence-corrected chi connectivity index (χ2v) is 8.83. The van der Waals surface area contributed by atoms with Crippen LogP contribution in [0, 0.1) is 0 Å². The Labute approximate surface area is 202 Å². The van der Waals surface area contributed by atoms with E-state index in [1.807, 2.05) is 24.4 Å². The van der Waals surface area contributed by atoms with E-state index in [2.05, 4.69) is 38.2 Å². The van der Waals surface area contributed by atoms with Crippen LogP contribution < -0.4 is 10.2 Å². The van der Waals surface area contributed by atoms with Crippen molar-refractivity contribution in [2.24, 2.45) is 0 Å². The fourth-order valence-electron chi connectivity index (χ4n) is 4.31. The van der Waals surface area contributed by atoms with Gasteiger partial charge in [-0.05, 0) is 43.2 Å². The highest BCUT2D eigenvalue weighted by molar-refractivity contribution is 5.90. The van der Waals surface area contributed by atoms with Crippen LogP contribution in [0.25, 0.3) is 22.2 Å². The van der Waals surface area contributed by atoms with Gasteiger partial charge in [-0.25, -0.2) is 9.78 Å². The Hall–Kier alpha value is -3.98. The number of morpholine rings is 1. The van der Waals surface area contributed by atoms with E-state index >= 15 is 0 Å². The molecule has 0 bridgehead atoms. The highest BCUT2D eigenvalue weighted by atomic mass is 16.5. The van der Waals surface area contributed by atoms with Crippen LogP contribution in [-0.4, -0.2) is 59.1 Å². The van der Waals surface area contributed by atoms with Crippen LogP contribution in [0.5, 0.6) is 0 Å². The quantitative estimate of drug-likeness (QED) is 0.419. The zero-order chi connectivity index (χ0) is 23.8. The summed E-state index contributed by atoms with van der Waals surface area (Å²) in [5, 5.41) is 9.10. The van der Waals surface area contributed by atoms with Crippen LogP contribution >= 0.6 is 0 Å². The van der Waals surface area contributed by atoms with E-state index < -0.39 is 0 Å². The summed E-state index contributed by atoms with van der Waals surface area (Å²) in [6, 6.07) is 15.9. The molecule has 1 saturated heterocycles. The minimum Gasteiger partial charge on any atom is -0.465 e. The van der Waals surface area contributed by atoms with Crippen molar-refractivity contribution in [3.63, 3.8) is 0 Å². The maximum atomic E-state index is 11.8. The first-order chi connectivity index (χ1) is 17.2. The zero-order valence-corrected chi connectivity index (χ0v) is 19.5. The number of aromatic nitrogens is 4. The molecule has 2 aromatic carbocycles. The van der Waals surface area contributed by atoms with Gasteiger partial charge in [-0.1, -0.05) is 12.1 Å². The predicted octanol–water partition coefficient (Wildman–Crippen LogP) is 4.20. The fourth-order valence-corrected chi connectivity index (χ4v) is 4.31. The second-order valence-electron chi connectivity index (χ2n) is 8.83. The van der Waals surface area contributed by atoms with Gasteiger partial charge in [0.05, 0.1) is 49.3 Å². The average Bonchev–Trinajstić information content (AvgIpc) is 3.67. The van der Waals surface area contributed by atoms with E-state index in [0.717, 1.165) is 40.9 Å². The number of anilines is 3. The second kappa shape index (κ2) is 8.99. The summed E-state index contributed by atoms with van der Waals surface area (Å²) in [4.78, 5) is 23.6. The summed E-state index contributed by atoms with van der Waals surface area (Å²) in [6.45, 7) is 2.78. The average molecular weight is 471 g/mol. The van der Waals surface area contributed by atoms with Gasteiger partial charge in [-0.15, -0.1) is 0 Å². The topological polar surface area (TPSA) is 94.4 Å². The molecule has 0 spiro atoms. The summed E-state index contributed by atoms with van der Waals surface area (Å²) < 4.78 is 12.4. The Kier molecular flexibility index (Phi) is 5.54. The van der Waals surface area contributed by atoms with Crippen LogP contribution in [-0.2, 0) is 9.47 Å². The molecule has 2 fully saturated rings. The van der Waals surface area contributed by atoms with Crippen LogP contribution in [0.15, 0.2) is 54.7 Å². The first kappa shape index (κ1) is 21.5. The van der Waals surface area contributed by atoms with Gasteiger partial charge in [0, 0.05) is 35.8 Å². The minimum absolute atomic E-state index is 0.365. The molecule has 4 aromatic rings. The Morgan fingerprint density at radius 1 is 1.06 bits per heavy atom. The van der Waals surface area contributed by atoms with Crippen molar-refractivity contribution in [3.8, 4) is 11.3 Å². The number of rotatable bonds is 6. The van der Waals surface area contributed by atoms with Crippen molar-refractivity contribution >= 4 is 34.3 Å². The normalized spacial score (nSPS) is 15.9. The first-order valence-corrected chi connectivity index (χ1v) is 11.8. The van der Waals surface area contributed by atoms with Gasteiger partial charge in [0.25, 0.3) is 0 Å². The number of nitrogens with one attached hydrogen (secondary N) is 1. The van der Waals surface area contributed by atoms with Gasteiger partial charge in [0.15, 0.2) is 0 Å². The Morgan fingerprint density at radius 3 is 2.60 bits per heavy atom. The third-order valence-electron chi connectivity index (χ3n) is 6.37. The van der Waals surface area contributed by atoms with Crippen molar-refractivity contribution in [1.82, 2.24) is 19.7 Å². The molecule has 1 aliphatic heterocycles. The van der Waals surface area contributed by atoms with Crippen molar-refractivity contribution < 1.29 is 14.3 Å². The predicted molar refractivity (Wildman–Crippen MR) is 133 cm³/mol. The highest BCUT2D eigenvalue weighted by Crippen LogP contribution is 2.37. The lowest BCUT2D eigenvalue weighted by molar-refractivity contribution is 0.0600. The molecule has 2 aliphatic rings. The van der Waals surface area contributed by atoms with E-state index in [4.69, 9.17) is 19.4 Å². The Morgan fingerprint density at radius 2 is 1.86 bits per heavy atom. The number of benzene rings is 2. The molecule has 9 nitrogen and oxygen atoms in total. The molecule has 0 unspecified atom stereocenters. The molecule has 9 heteroatoms. The van der Waals surface area contributed by atoms with Crippen molar-refractivity contribution in [3.05, 3.63) is 60.3 Å². The number of hydrogen-bond acceptors (Lipinski definition) is 8. The van der Waals surface area contributed by atoms with Gasteiger partial charge < -0.3 is 19.7 Å². The number of carbonyl (C=O) groups is 1. The Balaban J connectivity index is 1.37. The van der Waals surface area contributed by atoms with Crippen LogP contribution in [0.2, 0.25) is 0 Å². The largest absolute Gasteiger partial charge is 0.465 e. The fraction of sp³-hybridized carbons (Fsp3) is 0.308. The van der Waals surface area contributed by atoms with Crippen molar-refractivity contribution in [1.29, 1.82) is 0 Å². The lowest BCUT2D eigenvalue weighted by Crippen LogP contribution is -2.37. The molecule has 0 amide bonds. The number of nitrogens with zero attached hydrogens (tertiary/aromatic N) is 5. The van der Waals surface area contributed by atoms with Gasteiger partial charge in [-0.2, -0.15) is 10.1 Å². The molecular formula is C26H26N6O3. The number of esters is 1. The molecule has 1 saturated carbocycles. The van der Waals surface area contributed by atoms with Crippen molar-refractivity contribution in [2.75, 3.05) is 43.6 Å². The molecule has 35 heavy (non-hydrogen) atoms. The summed E-state index contributed by atoms with van der Waals surface area (Å²) in [6.07, 6.45) is 4.29. The van der Waals surface area contributed by atoms with E-state index in [0.29, 0.717) is 36.6 Å². The molecule has 6 rings (SSSR count). The van der Waals surface area contributed by atoms with Gasteiger partial charge in [0.1, 0.15) is 5.82 Å². The summed E-state index contributed by atoms with van der Waals surface area (Å²) in [5.41, 5.74) is 4.29. The SMILES string of the molecule is COC(=O)c1ccc(Nc2cc(-c3ccc4cnn(C5CC5)c4c3)nc(N3CCOCC3)n2)cc1. The monoisotopic (exact) mass is 470 g/mol. The van der Waals surface area contributed by atoms with E-state index in [9.17, 15) is 4.79 Å². The number of carbonyl (C=O) groups excluding carboxylic acids is 1. The van der Waals surface area contributed by atoms with Gasteiger partial charge in [0.2, 0.25) is 5.95 Å². The highest BCUT2D eigenvalue weighted by Gasteiger charge is 2.26. The lowest BCUT2D eigenvalue weighted by Gasteiger charge is -2.27. The van der Waals surface area contributed by atoms with E-state index in [1.165, 1.54) is 20.0 Å². The summed E-state index contributed by atoms with van der Waals surface area (Å²) in [5.74, 6) is 0.977. The third-order valence-corrected chi connectivity index (χ3v) is 6.37. The van der Waals surface area contributed by atoms with E-state index in [-0.39, 0.29) is 5.97 Å². The summed E-state index contributed by atoms with van der Waals surface area (Å²) >= 11 is 0. The molecule has 0 radical (unpaired) electrons. The number of fused-ring (bicyclic) bond motifs is 1. The maximum absolute atomic E-state index is 11.8. The van der Waals surface area contributed by atoms with Gasteiger partial charge in [-0.3, -0.25) is 4.68 Å². The summed E-state index contributed by atoms with van der Waals surface area (Å²) in [7, 11) is 1.37. The van der Waals surface area contributed by atoms with E-state index in [1.54, 1.807) is 12.1 Å². The van der Waals surface area contributed by atoms with Gasteiger partial charge >= 0.3 is 5.97 Å². The maximum Gasteiger partial charge on any atom is 0.337 e. The molecule has 3 heterocycles. The minimum atomic E-state index is -0.365. The Bertz CT molecular complexity index is 1370. The molecular weight excluding hydrogens is 444 g/mol. The van der Waals surface area contributed by atoms with Crippen LogP contribution in [0.4, 0.5) is 17.5 Å². The zero-order valence-electron chi connectivity index (χ0n) is 19.5. The standard InChI is InChI=1S/C26H26N6O3/c1-34-25(33)17-4-6-20(7-5-17)28-24-15-22(29-26(30-24)31-10-12-35-13-11-31)18-2-3-19-16-27-32(21-8-9-21)23(19)14-18/h2-7,14-16,21H,8-13H2,1H3,(H,28,29,30). The third kappa shape index (κ3) is 4.42. The molecule has 178 valence electrons. The van der Waals surface area contributed by atoms with Crippen LogP contribution in [0.1, 0.15) is 29.2 Å². The number of methoxy groups -OCH3 is 1. The molecule has 2 aromatic heterocycles. The molecule has 1 N–H and O–H groups in total. The lowest BCUT2D eigenvalue weighted by atomic mass is 10.1. The molecule has 0 atom stereocenters. The number of ether oxygens (including phenoxy) is 2. The first-order valence-electron chi connectivity index (χ1n) is 11.8. The molecule has 1 aliphatic carbocycles. The van der Waals surface area contributed by atoms with Crippen molar-refractivity contribution in [2.45, 2.75) is 18.9 Å². The number of hydrogen-bond donors (Lipinski definition) is 1. The van der Waals surface area contributed by atoms with Crippen LogP contribution in [0.3, 0.4) is 0 Å². The smallest absolute Gasteiger partial charge is 0.337 e.